The highest BCUT2D eigenvalue weighted by atomic mass is 16.7. The van der Waals surface area contributed by atoms with Gasteiger partial charge in [0.1, 0.15) is 13.2 Å². The topological polar surface area (TPSA) is 108 Å². The summed E-state index contributed by atoms with van der Waals surface area (Å²) in [6, 6.07) is 0. The summed E-state index contributed by atoms with van der Waals surface area (Å²) in [5, 5.41) is 9.75. The van der Waals surface area contributed by atoms with Crippen LogP contribution in [0.1, 0.15) is 296 Å². The first-order valence-corrected chi connectivity index (χ1v) is 36.3. The molecule has 0 saturated heterocycles. The highest BCUT2D eigenvalue weighted by Gasteiger charge is 2.25. The molecule has 0 aromatic heterocycles. The lowest BCUT2D eigenvalue weighted by Crippen LogP contribution is -2.40. The first-order valence-electron chi connectivity index (χ1n) is 36.3. The van der Waals surface area contributed by atoms with Crippen LogP contribution in [0.3, 0.4) is 0 Å². The minimum absolute atomic E-state index is 0.175. The maximum atomic E-state index is 12.9. The molecule has 0 radical (unpaired) electrons. The highest BCUT2D eigenvalue weighted by Crippen LogP contribution is 2.17. The van der Waals surface area contributed by atoms with Crippen LogP contribution in [0.25, 0.3) is 0 Å². The van der Waals surface area contributed by atoms with Crippen molar-refractivity contribution in [1.82, 2.24) is 0 Å². The van der Waals surface area contributed by atoms with Crippen LogP contribution >= 0.6 is 0 Å². The zero-order chi connectivity index (χ0) is 64.7. The molecule has 2 atom stereocenters. The molecule has 9 heteroatoms. The van der Waals surface area contributed by atoms with E-state index in [1.54, 1.807) is 0 Å². The Balaban J connectivity index is 4.22. The smallest absolute Gasteiger partial charge is 0.361 e. The SMILES string of the molecule is CC/C=C\C/C=C\C/C=C\C/C=C\C/C=C\C/C=C\C/C=C\C/C=C\C/C=C\C/C=C\C/C=C\CCCCCC(=O)OC(COC(=O)CCCCCCCCCCCCCCCCCCCCCCCCCCCCC)COC(OCC[N+](C)(C)C)C(=O)O. The number of esters is 2. The molecule has 0 spiro atoms. The Bertz CT molecular complexity index is 1930. The molecule has 0 heterocycles. The van der Waals surface area contributed by atoms with E-state index in [2.05, 4.69) is 148 Å². The lowest BCUT2D eigenvalue weighted by molar-refractivity contribution is -0.870. The van der Waals surface area contributed by atoms with E-state index in [1.807, 2.05) is 21.1 Å². The van der Waals surface area contributed by atoms with Gasteiger partial charge in [0.2, 0.25) is 0 Å². The number of carboxylic acids is 1. The molecule has 0 fully saturated rings. The summed E-state index contributed by atoms with van der Waals surface area (Å²) >= 11 is 0. The third-order valence-corrected chi connectivity index (χ3v) is 15.4. The fourth-order valence-corrected chi connectivity index (χ4v) is 9.90. The summed E-state index contributed by atoms with van der Waals surface area (Å²) in [6.07, 6.45) is 97.2. The van der Waals surface area contributed by atoms with Crippen molar-refractivity contribution < 1.29 is 42.9 Å². The number of allylic oxidation sites excluding steroid dienone is 22. The largest absolute Gasteiger partial charge is 0.477 e. The van der Waals surface area contributed by atoms with Crippen molar-refractivity contribution >= 4 is 17.9 Å². The summed E-state index contributed by atoms with van der Waals surface area (Å²) in [5.41, 5.74) is 0. The first kappa shape index (κ1) is 84.4. The van der Waals surface area contributed by atoms with Gasteiger partial charge in [-0.25, -0.2) is 4.79 Å². The van der Waals surface area contributed by atoms with Crippen LogP contribution in [0.5, 0.6) is 0 Å². The zero-order valence-corrected chi connectivity index (χ0v) is 58.0. The summed E-state index contributed by atoms with van der Waals surface area (Å²) in [7, 11) is 5.96. The van der Waals surface area contributed by atoms with Crippen LogP contribution in [0, 0.1) is 0 Å². The predicted octanol–water partition coefficient (Wildman–Crippen LogP) is 22.9. The van der Waals surface area contributed by atoms with Gasteiger partial charge in [0, 0.05) is 12.8 Å². The van der Waals surface area contributed by atoms with Gasteiger partial charge in [-0.1, -0.05) is 321 Å². The molecule has 0 aliphatic heterocycles. The van der Waals surface area contributed by atoms with Gasteiger partial charge in [-0.15, -0.1) is 0 Å². The molecule has 0 amide bonds. The lowest BCUT2D eigenvalue weighted by atomic mass is 10.0. The number of rotatable bonds is 66. The van der Waals surface area contributed by atoms with Gasteiger partial charge in [-0.2, -0.15) is 0 Å². The van der Waals surface area contributed by atoms with Crippen molar-refractivity contribution in [2.75, 3.05) is 47.5 Å². The summed E-state index contributed by atoms with van der Waals surface area (Å²) in [4.78, 5) is 37.6. The molecule has 1 N–H and O–H groups in total. The van der Waals surface area contributed by atoms with Crippen LogP contribution < -0.4 is 0 Å². The minimum Gasteiger partial charge on any atom is -0.477 e. The van der Waals surface area contributed by atoms with Gasteiger partial charge in [-0.3, -0.25) is 9.59 Å². The fraction of sp³-hybridized carbons (Fsp3) is 0.688. The van der Waals surface area contributed by atoms with Gasteiger partial charge in [0.25, 0.3) is 6.29 Å². The van der Waals surface area contributed by atoms with Crippen LogP contribution in [0.4, 0.5) is 0 Å². The Morgan fingerprint density at radius 1 is 0.348 bits per heavy atom. The van der Waals surface area contributed by atoms with Crippen LogP contribution in [-0.2, 0) is 33.3 Å². The van der Waals surface area contributed by atoms with E-state index in [-0.39, 0.29) is 32.2 Å². The van der Waals surface area contributed by atoms with E-state index < -0.39 is 24.3 Å². The Morgan fingerprint density at radius 2 is 0.640 bits per heavy atom. The molecule has 0 aliphatic rings. The van der Waals surface area contributed by atoms with E-state index in [9.17, 15) is 19.5 Å². The number of carbonyl (C=O) groups excluding carboxylic acids is 2. The standard InChI is InChI=1S/C80H135NO8/c1-6-8-10-12-14-16-18-20-22-24-26-28-30-32-34-35-36-37-38-39-40-41-42-43-45-47-49-51-53-55-57-59-61-63-65-67-69-71-78(83)89-76(75-88-80(79(84)85)86-73-72-81(3,4)5)74-87-77(82)70-68-66-64-62-60-58-56-54-52-50-48-46-44-33-31-29-27-25-23-21-19-17-15-13-11-9-7-2/h8,10,14,16,20,22,26,28,32,34,36-37,39-40,42-43,47,49,53,55,59,61,76,80H,6-7,9,11-13,15,17-19,21,23-25,27,29-31,33,35,38,41,44-46,48,50-52,54,56-58,60,62-75H2,1-5H3/p+1/b10-8-,16-14-,22-20-,28-26-,34-32-,37-36-,40-39-,43-42-,49-47-,55-53-,61-59-. The van der Waals surface area contributed by atoms with Crippen LogP contribution in [-0.4, -0.2) is 87.4 Å². The summed E-state index contributed by atoms with van der Waals surface area (Å²) in [5.74, 6) is -2.05. The number of likely N-dealkylation sites (N-methyl/N-ethyl adjacent to an activating group) is 1. The Kier molecular flexibility index (Phi) is 65.8. The van der Waals surface area contributed by atoms with Crippen molar-refractivity contribution in [3.8, 4) is 0 Å². The van der Waals surface area contributed by atoms with Crippen molar-refractivity contribution in [2.24, 2.45) is 0 Å². The molecule has 0 aromatic carbocycles. The van der Waals surface area contributed by atoms with E-state index in [0.29, 0.717) is 23.9 Å². The average Bonchev–Trinajstić information content (AvgIpc) is 3.70. The average molecular weight is 1240 g/mol. The number of unbranched alkanes of at least 4 members (excludes halogenated alkanes) is 29. The fourth-order valence-electron chi connectivity index (χ4n) is 9.90. The van der Waals surface area contributed by atoms with Crippen molar-refractivity contribution in [3.63, 3.8) is 0 Å². The Labute approximate surface area is 548 Å². The molecule has 0 aliphatic carbocycles. The van der Waals surface area contributed by atoms with Crippen LogP contribution in [0.15, 0.2) is 134 Å². The minimum atomic E-state index is -1.53. The number of aliphatic carboxylic acids is 1. The number of nitrogens with zero attached hydrogens (tertiary/aromatic N) is 1. The normalized spacial score (nSPS) is 13.5. The van der Waals surface area contributed by atoms with Crippen LogP contribution in [0.2, 0.25) is 0 Å². The van der Waals surface area contributed by atoms with Gasteiger partial charge >= 0.3 is 17.9 Å². The Hall–Kier alpha value is -4.57. The number of carboxylic acid groups (broad SMARTS) is 1. The lowest BCUT2D eigenvalue weighted by Gasteiger charge is -2.25. The monoisotopic (exact) mass is 1240 g/mol. The number of carbonyl (C=O) groups is 3. The first-order chi connectivity index (χ1) is 43.6. The van der Waals surface area contributed by atoms with Crippen molar-refractivity contribution in [2.45, 2.75) is 309 Å². The van der Waals surface area contributed by atoms with E-state index in [1.165, 1.54) is 154 Å². The molecular weight excluding hydrogens is 1100 g/mol. The molecule has 9 nitrogen and oxygen atoms in total. The summed E-state index contributed by atoms with van der Waals surface area (Å²) < 4.78 is 22.9. The van der Waals surface area contributed by atoms with Gasteiger partial charge in [0.05, 0.1) is 34.4 Å². The molecular formula is C80H136NO8+. The number of ether oxygens (including phenoxy) is 4. The quantitative estimate of drug-likeness (QED) is 0.0211. The summed E-state index contributed by atoms with van der Waals surface area (Å²) in [6.45, 7) is 4.75. The number of quaternary nitrogens is 1. The van der Waals surface area contributed by atoms with E-state index >= 15 is 0 Å². The predicted molar refractivity (Wildman–Crippen MR) is 382 cm³/mol. The van der Waals surface area contributed by atoms with Gasteiger partial charge < -0.3 is 28.5 Å². The maximum absolute atomic E-state index is 12.9. The molecule has 0 bridgehead atoms. The molecule has 89 heavy (non-hydrogen) atoms. The zero-order valence-electron chi connectivity index (χ0n) is 58.0. The van der Waals surface area contributed by atoms with Gasteiger partial charge in [0.15, 0.2) is 6.10 Å². The maximum Gasteiger partial charge on any atom is 0.361 e. The number of hydrogen-bond donors (Lipinski definition) is 1. The molecule has 0 rings (SSSR count). The second-order valence-electron chi connectivity index (χ2n) is 25.2. The second-order valence-corrected chi connectivity index (χ2v) is 25.2. The van der Waals surface area contributed by atoms with E-state index in [4.69, 9.17) is 18.9 Å². The molecule has 0 saturated carbocycles. The molecule has 0 aromatic rings. The highest BCUT2D eigenvalue weighted by molar-refractivity contribution is 5.71. The second kappa shape index (κ2) is 69.3. The third kappa shape index (κ3) is 70.7. The Morgan fingerprint density at radius 3 is 0.955 bits per heavy atom. The van der Waals surface area contributed by atoms with E-state index in [0.717, 1.165) is 109 Å². The van der Waals surface area contributed by atoms with Gasteiger partial charge in [-0.05, 0) is 96.3 Å². The number of hydrogen-bond acceptors (Lipinski definition) is 7. The third-order valence-electron chi connectivity index (χ3n) is 15.4. The van der Waals surface area contributed by atoms with Crippen molar-refractivity contribution in [3.05, 3.63) is 134 Å². The molecule has 508 valence electrons. The van der Waals surface area contributed by atoms with Crippen molar-refractivity contribution in [1.29, 1.82) is 0 Å². The molecule has 2 unspecified atom stereocenters.